The maximum absolute atomic E-state index is 11.9. The largest absolute Gasteiger partial charge is 0.340 e. The molecule has 0 aromatic heterocycles. The second kappa shape index (κ2) is 4.68. The van der Waals surface area contributed by atoms with Crippen molar-refractivity contribution in [3.8, 4) is 0 Å². The van der Waals surface area contributed by atoms with Crippen molar-refractivity contribution < 1.29 is 13.6 Å². The summed E-state index contributed by atoms with van der Waals surface area (Å²) in [4.78, 5) is 12.4. The third-order valence-corrected chi connectivity index (χ3v) is 2.48. The van der Waals surface area contributed by atoms with Crippen LogP contribution >= 0.6 is 0 Å². The number of nitrogens with zero attached hydrogens (tertiary/aromatic N) is 1. The summed E-state index contributed by atoms with van der Waals surface area (Å²) in [5.74, 6) is 0.142. The van der Waals surface area contributed by atoms with Crippen molar-refractivity contribution >= 4 is 5.91 Å². The fourth-order valence-electron chi connectivity index (χ4n) is 1.36. The molecule has 14 heavy (non-hydrogen) atoms. The quantitative estimate of drug-likeness (QED) is 0.724. The average Bonchev–Trinajstić information content (AvgIpc) is 2.84. The number of hydrogen-bond acceptors (Lipinski definition) is 2. The second-order valence-corrected chi connectivity index (χ2v) is 3.87. The van der Waals surface area contributed by atoms with E-state index in [4.69, 9.17) is 5.73 Å². The highest BCUT2D eigenvalue weighted by Gasteiger charge is 2.30. The third-order valence-electron chi connectivity index (χ3n) is 2.48. The summed E-state index contributed by atoms with van der Waals surface area (Å²) in [7, 11) is 1.38. The molecule has 0 aliphatic heterocycles. The van der Waals surface area contributed by atoms with E-state index in [1.165, 1.54) is 7.05 Å². The fourth-order valence-corrected chi connectivity index (χ4v) is 1.36. The topological polar surface area (TPSA) is 46.3 Å². The van der Waals surface area contributed by atoms with Gasteiger partial charge < -0.3 is 10.6 Å². The van der Waals surface area contributed by atoms with Crippen LogP contribution < -0.4 is 5.73 Å². The molecule has 1 unspecified atom stereocenters. The van der Waals surface area contributed by atoms with Crippen LogP contribution in [0.2, 0.25) is 0 Å². The van der Waals surface area contributed by atoms with Crippen LogP contribution in [0.25, 0.3) is 0 Å². The van der Waals surface area contributed by atoms with Gasteiger partial charge in [-0.15, -0.1) is 0 Å². The molecule has 3 nitrogen and oxygen atoms in total. The predicted octanol–water partition coefficient (Wildman–Crippen LogP) is 0.837. The lowest BCUT2D eigenvalue weighted by atomic mass is 10.1. The zero-order valence-corrected chi connectivity index (χ0v) is 8.25. The third kappa shape index (κ3) is 3.57. The summed E-state index contributed by atoms with van der Waals surface area (Å²) >= 11 is 0. The standard InChI is InChI=1S/C9H16F2N2O/c1-13(5-8(10)11)9(14)4-7(12)6-2-3-6/h6-8H,2-5,12H2,1H3. The van der Waals surface area contributed by atoms with E-state index in [0.717, 1.165) is 17.7 Å². The molecule has 1 fully saturated rings. The van der Waals surface area contributed by atoms with Crippen LogP contribution in [-0.2, 0) is 4.79 Å². The molecule has 0 saturated heterocycles. The number of alkyl halides is 2. The van der Waals surface area contributed by atoms with Gasteiger partial charge in [-0.05, 0) is 18.8 Å². The van der Waals surface area contributed by atoms with Crippen LogP contribution in [0.1, 0.15) is 19.3 Å². The highest BCUT2D eigenvalue weighted by molar-refractivity contribution is 5.76. The van der Waals surface area contributed by atoms with Gasteiger partial charge in [0.05, 0.1) is 6.54 Å². The lowest BCUT2D eigenvalue weighted by Gasteiger charge is -2.18. The lowest BCUT2D eigenvalue weighted by molar-refractivity contribution is -0.132. The molecule has 1 saturated carbocycles. The zero-order valence-electron chi connectivity index (χ0n) is 8.25. The van der Waals surface area contributed by atoms with Gasteiger partial charge in [-0.3, -0.25) is 4.79 Å². The first kappa shape index (κ1) is 11.4. The highest BCUT2D eigenvalue weighted by Crippen LogP contribution is 2.32. The maximum atomic E-state index is 11.9. The van der Waals surface area contributed by atoms with Crippen LogP contribution in [0, 0.1) is 5.92 Å². The molecule has 0 bridgehead atoms. The Balaban J connectivity index is 2.25. The molecule has 0 heterocycles. The molecule has 2 N–H and O–H groups in total. The van der Waals surface area contributed by atoms with Crippen molar-refractivity contribution in [1.82, 2.24) is 4.90 Å². The molecule has 5 heteroatoms. The van der Waals surface area contributed by atoms with E-state index in [1.807, 2.05) is 0 Å². The minimum absolute atomic E-state index is 0.150. The minimum Gasteiger partial charge on any atom is -0.340 e. The number of carbonyl (C=O) groups is 1. The van der Waals surface area contributed by atoms with Crippen molar-refractivity contribution in [3.05, 3.63) is 0 Å². The van der Waals surface area contributed by atoms with Gasteiger partial charge in [0, 0.05) is 19.5 Å². The van der Waals surface area contributed by atoms with E-state index < -0.39 is 13.0 Å². The van der Waals surface area contributed by atoms with Crippen molar-refractivity contribution in [2.75, 3.05) is 13.6 Å². The number of nitrogens with two attached hydrogens (primary N) is 1. The molecule has 0 aromatic carbocycles. The number of halogens is 2. The Hall–Kier alpha value is -0.710. The van der Waals surface area contributed by atoms with Gasteiger partial charge in [-0.1, -0.05) is 0 Å². The number of hydrogen-bond donors (Lipinski definition) is 1. The Morgan fingerprint density at radius 3 is 2.57 bits per heavy atom. The van der Waals surface area contributed by atoms with Gasteiger partial charge in [-0.2, -0.15) is 0 Å². The summed E-state index contributed by atoms with van der Waals surface area (Å²) in [5.41, 5.74) is 5.71. The molecule has 0 aromatic rings. The molecule has 82 valence electrons. The normalized spacial score (nSPS) is 18.4. The summed E-state index contributed by atoms with van der Waals surface area (Å²) in [6, 6.07) is -0.150. The summed E-state index contributed by atoms with van der Waals surface area (Å²) in [6.45, 7) is -0.504. The molecule has 1 aliphatic carbocycles. The van der Waals surface area contributed by atoms with Gasteiger partial charge in [0.2, 0.25) is 5.91 Å². The van der Waals surface area contributed by atoms with Crippen LogP contribution in [0.15, 0.2) is 0 Å². The van der Waals surface area contributed by atoms with Gasteiger partial charge in [0.15, 0.2) is 0 Å². The van der Waals surface area contributed by atoms with E-state index in [9.17, 15) is 13.6 Å². The zero-order chi connectivity index (χ0) is 10.7. The van der Waals surface area contributed by atoms with Crippen molar-refractivity contribution in [3.63, 3.8) is 0 Å². The van der Waals surface area contributed by atoms with Gasteiger partial charge in [0.1, 0.15) is 0 Å². The lowest BCUT2D eigenvalue weighted by Crippen LogP contribution is -2.36. The Morgan fingerprint density at radius 2 is 2.14 bits per heavy atom. The number of amides is 1. The SMILES string of the molecule is CN(CC(F)F)C(=O)CC(N)C1CC1. The fraction of sp³-hybridized carbons (Fsp3) is 0.889. The summed E-state index contributed by atoms with van der Waals surface area (Å²) in [5, 5.41) is 0. The summed E-state index contributed by atoms with van der Waals surface area (Å²) in [6.07, 6.45) is -0.158. The van der Waals surface area contributed by atoms with E-state index in [2.05, 4.69) is 0 Å². The Morgan fingerprint density at radius 1 is 1.57 bits per heavy atom. The summed E-state index contributed by atoms with van der Waals surface area (Å²) < 4.78 is 23.9. The van der Waals surface area contributed by atoms with Crippen LogP contribution in [0.3, 0.4) is 0 Å². The van der Waals surface area contributed by atoms with Crippen molar-refractivity contribution in [2.24, 2.45) is 11.7 Å². The van der Waals surface area contributed by atoms with Crippen LogP contribution in [-0.4, -0.2) is 36.9 Å². The first-order chi connectivity index (χ1) is 6.50. The number of rotatable bonds is 5. The van der Waals surface area contributed by atoms with Crippen LogP contribution in [0.4, 0.5) is 8.78 Å². The molecule has 1 rings (SSSR count). The Kier molecular flexibility index (Phi) is 3.80. The maximum Gasteiger partial charge on any atom is 0.255 e. The molecular weight excluding hydrogens is 190 g/mol. The van der Waals surface area contributed by atoms with Crippen molar-refractivity contribution in [2.45, 2.75) is 31.7 Å². The molecule has 0 radical (unpaired) electrons. The van der Waals surface area contributed by atoms with Gasteiger partial charge in [-0.25, -0.2) is 8.78 Å². The molecule has 1 atom stereocenters. The molecular formula is C9H16F2N2O. The first-order valence-corrected chi connectivity index (χ1v) is 4.78. The predicted molar refractivity (Wildman–Crippen MR) is 49.0 cm³/mol. The molecule has 0 spiro atoms. The van der Waals surface area contributed by atoms with E-state index >= 15 is 0 Å². The van der Waals surface area contributed by atoms with Crippen molar-refractivity contribution in [1.29, 1.82) is 0 Å². The van der Waals surface area contributed by atoms with Gasteiger partial charge in [0.25, 0.3) is 6.43 Å². The van der Waals surface area contributed by atoms with E-state index in [1.54, 1.807) is 0 Å². The molecule has 1 amide bonds. The van der Waals surface area contributed by atoms with Gasteiger partial charge >= 0.3 is 0 Å². The first-order valence-electron chi connectivity index (χ1n) is 4.78. The Labute approximate surface area is 82.2 Å². The van der Waals surface area contributed by atoms with E-state index in [0.29, 0.717) is 5.92 Å². The highest BCUT2D eigenvalue weighted by atomic mass is 19.3. The monoisotopic (exact) mass is 206 g/mol. The second-order valence-electron chi connectivity index (χ2n) is 3.87. The smallest absolute Gasteiger partial charge is 0.255 e. The van der Waals surface area contributed by atoms with Crippen LogP contribution in [0.5, 0.6) is 0 Å². The minimum atomic E-state index is -2.47. The molecule has 1 aliphatic rings. The Bertz CT molecular complexity index is 207. The average molecular weight is 206 g/mol. The number of carbonyl (C=O) groups excluding carboxylic acids is 1. The van der Waals surface area contributed by atoms with E-state index in [-0.39, 0.29) is 18.4 Å².